The van der Waals surface area contributed by atoms with E-state index in [9.17, 15) is 4.79 Å². The Bertz CT molecular complexity index is 817. The molecule has 0 fully saturated rings. The minimum Gasteiger partial charge on any atom is -0.337 e. The maximum Gasteiger partial charge on any atom is 0.253 e. The molecule has 7 heteroatoms. The zero-order valence-electron chi connectivity index (χ0n) is 13.5. The van der Waals surface area contributed by atoms with Crippen molar-refractivity contribution in [1.82, 2.24) is 25.1 Å². The van der Waals surface area contributed by atoms with Crippen LogP contribution in [-0.4, -0.2) is 44.3 Å². The minimum atomic E-state index is -0.0427. The molecular weight excluding hydrogens is 322 g/mol. The summed E-state index contributed by atoms with van der Waals surface area (Å²) in [6, 6.07) is 15.5. The van der Waals surface area contributed by atoms with E-state index < -0.39 is 0 Å². The normalized spacial score (nSPS) is 10.6. The number of amides is 1. The van der Waals surface area contributed by atoms with Crippen LogP contribution in [0.25, 0.3) is 5.69 Å². The molecule has 1 aromatic heterocycles. The van der Waals surface area contributed by atoms with Crippen molar-refractivity contribution in [2.75, 3.05) is 13.3 Å². The molecule has 1 amide bonds. The van der Waals surface area contributed by atoms with Crippen LogP contribution in [0, 0.1) is 0 Å². The van der Waals surface area contributed by atoms with Gasteiger partial charge in [0.2, 0.25) is 0 Å². The molecule has 0 unspecified atom stereocenters. The number of tetrazole rings is 1. The van der Waals surface area contributed by atoms with E-state index in [-0.39, 0.29) is 5.91 Å². The Labute approximate surface area is 144 Å². The van der Waals surface area contributed by atoms with Crippen molar-refractivity contribution in [2.45, 2.75) is 11.4 Å². The fourth-order valence-electron chi connectivity index (χ4n) is 2.36. The maximum absolute atomic E-state index is 12.7. The number of hydrogen-bond acceptors (Lipinski definition) is 5. The lowest BCUT2D eigenvalue weighted by Crippen LogP contribution is -2.26. The molecule has 3 aromatic rings. The van der Waals surface area contributed by atoms with Crippen molar-refractivity contribution in [2.24, 2.45) is 0 Å². The van der Waals surface area contributed by atoms with Crippen molar-refractivity contribution >= 4 is 17.7 Å². The number of benzene rings is 2. The number of carbonyl (C=O) groups excluding carboxylic acids is 1. The summed E-state index contributed by atoms with van der Waals surface area (Å²) in [5.41, 5.74) is 2.45. The number of hydrogen-bond donors (Lipinski definition) is 0. The SMILES string of the molecule is CSc1ccc(CN(C)C(=O)c2cccc(-n3cnnn3)c2)cc1. The molecule has 0 saturated heterocycles. The second kappa shape index (κ2) is 7.27. The molecule has 0 radical (unpaired) electrons. The van der Waals surface area contributed by atoms with Gasteiger partial charge in [0, 0.05) is 24.1 Å². The Kier molecular flexibility index (Phi) is 4.90. The first-order valence-electron chi connectivity index (χ1n) is 7.39. The zero-order chi connectivity index (χ0) is 16.9. The summed E-state index contributed by atoms with van der Waals surface area (Å²) in [5.74, 6) is -0.0427. The molecule has 0 bridgehead atoms. The van der Waals surface area contributed by atoms with E-state index >= 15 is 0 Å². The molecule has 0 aliphatic rings. The Morgan fingerprint density at radius 3 is 2.67 bits per heavy atom. The predicted octanol–water partition coefficient (Wildman–Crippen LogP) is 2.66. The number of nitrogens with zero attached hydrogens (tertiary/aromatic N) is 5. The summed E-state index contributed by atoms with van der Waals surface area (Å²) >= 11 is 1.70. The molecule has 122 valence electrons. The molecule has 6 nitrogen and oxygen atoms in total. The molecule has 24 heavy (non-hydrogen) atoms. The Balaban J connectivity index is 1.74. The van der Waals surface area contributed by atoms with Crippen LogP contribution >= 0.6 is 11.8 Å². The van der Waals surface area contributed by atoms with Crippen molar-refractivity contribution < 1.29 is 4.79 Å². The Morgan fingerprint density at radius 2 is 2.00 bits per heavy atom. The lowest BCUT2D eigenvalue weighted by Gasteiger charge is -2.18. The monoisotopic (exact) mass is 339 g/mol. The van der Waals surface area contributed by atoms with Crippen LogP contribution in [0.15, 0.2) is 59.8 Å². The summed E-state index contributed by atoms with van der Waals surface area (Å²) < 4.78 is 1.53. The van der Waals surface area contributed by atoms with Crippen molar-refractivity contribution in [1.29, 1.82) is 0 Å². The third-order valence-corrected chi connectivity index (χ3v) is 4.38. The second-order valence-electron chi connectivity index (χ2n) is 5.31. The van der Waals surface area contributed by atoms with Gasteiger partial charge in [0.25, 0.3) is 5.91 Å². The third kappa shape index (κ3) is 3.62. The molecule has 2 aromatic carbocycles. The molecule has 0 spiro atoms. The molecule has 0 saturated carbocycles. The standard InChI is InChI=1S/C17H17N5OS/c1-21(11-13-6-8-16(24-2)9-7-13)17(23)14-4-3-5-15(10-14)22-12-18-19-20-22/h3-10,12H,11H2,1-2H3. The quantitative estimate of drug-likeness (QED) is 0.669. The van der Waals surface area contributed by atoms with Gasteiger partial charge >= 0.3 is 0 Å². The average Bonchev–Trinajstić information content (AvgIpc) is 3.16. The number of thioether (sulfide) groups is 1. The highest BCUT2D eigenvalue weighted by Crippen LogP contribution is 2.17. The van der Waals surface area contributed by atoms with Crippen LogP contribution in [0.5, 0.6) is 0 Å². The second-order valence-corrected chi connectivity index (χ2v) is 6.19. The molecule has 0 aliphatic heterocycles. The largest absolute Gasteiger partial charge is 0.337 e. The van der Waals surface area contributed by atoms with Crippen molar-refractivity contribution in [3.05, 3.63) is 66.0 Å². The molecule has 1 heterocycles. The van der Waals surface area contributed by atoms with E-state index in [0.29, 0.717) is 12.1 Å². The smallest absolute Gasteiger partial charge is 0.253 e. The fourth-order valence-corrected chi connectivity index (χ4v) is 2.77. The predicted molar refractivity (Wildman–Crippen MR) is 93.2 cm³/mol. The zero-order valence-corrected chi connectivity index (χ0v) is 14.3. The lowest BCUT2D eigenvalue weighted by atomic mass is 10.1. The highest BCUT2D eigenvalue weighted by atomic mass is 32.2. The van der Waals surface area contributed by atoms with Gasteiger partial charge in [-0.15, -0.1) is 16.9 Å². The van der Waals surface area contributed by atoms with Gasteiger partial charge in [0.1, 0.15) is 6.33 Å². The number of aromatic nitrogens is 4. The van der Waals surface area contributed by atoms with E-state index in [1.807, 2.05) is 30.5 Å². The van der Waals surface area contributed by atoms with Crippen LogP contribution in [0.2, 0.25) is 0 Å². The van der Waals surface area contributed by atoms with Crippen molar-refractivity contribution in [3.8, 4) is 5.69 Å². The summed E-state index contributed by atoms with van der Waals surface area (Å²) in [6.07, 6.45) is 3.54. The van der Waals surface area contributed by atoms with E-state index in [1.54, 1.807) is 35.8 Å². The van der Waals surface area contributed by atoms with Crippen LogP contribution in [0.4, 0.5) is 0 Å². The molecule has 0 atom stereocenters. The van der Waals surface area contributed by atoms with Gasteiger partial charge in [-0.3, -0.25) is 4.79 Å². The highest BCUT2D eigenvalue weighted by Gasteiger charge is 2.13. The molecule has 0 N–H and O–H groups in total. The van der Waals surface area contributed by atoms with Gasteiger partial charge in [-0.2, -0.15) is 0 Å². The van der Waals surface area contributed by atoms with E-state index in [1.165, 1.54) is 15.9 Å². The molecule has 3 rings (SSSR count). The molecular formula is C17H17N5OS. The Morgan fingerprint density at radius 1 is 1.21 bits per heavy atom. The van der Waals surface area contributed by atoms with Crippen LogP contribution in [-0.2, 0) is 6.54 Å². The Hall–Kier alpha value is -2.67. The van der Waals surface area contributed by atoms with Gasteiger partial charge in [-0.25, -0.2) is 4.68 Å². The summed E-state index contributed by atoms with van der Waals surface area (Å²) in [4.78, 5) is 15.6. The average molecular weight is 339 g/mol. The number of rotatable bonds is 5. The first-order valence-corrected chi connectivity index (χ1v) is 8.61. The molecule has 0 aliphatic carbocycles. The summed E-state index contributed by atoms with van der Waals surface area (Å²) in [6.45, 7) is 0.558. The van der Waals surface area contributed by atoms with Crippen LogP contribution in [0.1, 0.15) is 15.9 Å². The summed E-state index contributed by atoms with van der Waals surface area (Å²) in [5, 5.41) is 11.1. The van der Waals surface area contributed by atoms with E-state index in [2.05, 4.69) is 27.7 Å². The lowest BCUT2D eigenvalue weighted by molar-refractivity contribution is 0.0785. The van der Waals surface area contributed by atoms with E-state index in [0.717, 1.165) is 11.3 Å². The third-order valence-electron chi connectivity index (χ3n) is 3.63. The van der Waals surface area contributed by atoms with Crippen molar-refractivity contribution in [3.63, 3.8) is 0 Å². The highest BCUT2D eigenvalue weighted by molar-refractivity contribution is 7.98. The fraction of sp³-hybridized carbons (Fsp3) is 0.176. The van der Waals surface area contributed by atoms with Gasteiger partial charge in [-0.05, 0) is 52.6 Å². The van der Waals surface area contributed by atoms with E-state index in [4.69, 9.17) is 0 Å². The summed E-state index contributed by atoms with van der Waals surface area (Å²) in [7, 11) is 1.80. The van der Waals surface area contributed by atoms with Crippen LogP contribution in [0.3, 0.4) is 0 Å². The van der Waals surface area contributed by atoms with Gasteiger partial charge < -0.3 is 4.90 Å². The van der Waals surface area contributed by atoms with Gasteiger partial charge in [-0.1, -0.05) is 18.2 Å². The van der Waals surface area contributed by atoms with Gasteiger partial charge in [0.05, 0.1) is 5.69 Å². The topological polar surface area (TPSA) is 63.9 Å². The maximum atomic E-state index is 12.7. The first kappa shape index (κ1) is 16.2. The first-order chi connectivity index (χ1) is 11.7. The number of carbonyl (C=O) groups is 1. The van der Waals surface area contributed by atoms with Crippen LogP contribution < -0.4 is 0 Å². The van der Waals surface area contributed by atoms with Gasteiger partial charge in [0.15, 0.2) is 0 Å². The minimum absolute atomic E-state index is 0.0427.